The zero-order valence-electron chi connectivity index (χ0n) is 16.0. The van der Waals surface area contributed by atoms with Gasteiger partial charge in [0.15, 0.2) is 0 Å². The van der Waals surface area contributed by atoms with Crippen molar-refractivity contribution in [2.45, 2.75) is 6.54 Å². The maximum Gasteiger partial charge on any atom is 0.254 e. The number of hydrogen-bond donors (Lipinski definition) is 1. The smallest absolute Gasteiger partial charge is 0.254 e. The fourth-order valence-corrected chi connectivity index (χ4v) is 2.90. The number of hydrogen-bond acceptors (Lipinski definition) is 5. The molecule has 7 nitrogen and oxygen atoms in total. The molecule has 0 fully saturated rings. The van der Waals surface area contributed by atoms with Crippen LogP contribution in [0.25, 0.3) is 5.78 Å². The summed E-state index contributed by atoms with van der Waals surface area (Å²) in [6, 6.07) is 14.7. The zero-order valence-corrected chi connectivity index (χ0v) is 16.7. The van der Waals surface area contributed by atoms with Crippen LogP contribution in [0.1, 0.15) is 15.9 Å². The third-order valence-electron chi connectivity index (χ3n) is 4.32. The fourth-order valence-electron chi connectivity index (χ4n) is 2.77. The van der Waals surface area contributed by atoms with E-state index in [1.165, 1.54) is 6.20 Å². The van der Waals surface area contributed by atoms with Crippen molar-refractivity contribution in [2.24, 2.45) is 0 Å². The van der Waals surface area contributed by atoms with Gasteiger partial charge in [-0.05, 0) is 42.0 Å². The molecule has 2 aromatic heterocycles. The van der Waals surface area contributed by atoms with Gasteiger partial charge in [0, 0.05) is 36.4 Å². The second kappa shape index (κ2) is 9.28. The van der Waals surface area contributed by atoms with E-state index in [-0.39, 0.29) is 5.91 Å². The van der Waals surface area contributed by atoms with E-state index in [1.54, 1.807) is 35.1 Å². The molecule has 0 saturated carbocycles. The third-order valence-corrected chi connectivity index (χ3v) is 4.57. The van der Waals surface area contributed by atoms with Crippen molar-refractivity contribution in [1.82, 2.24) is 19.7 Å². The number of benzene rings is 2. The summed E-state index contributed by atoms with van der Waals surface area (Å²) < 4.78 is 13.0. The van der Waals surface area contributed by atoms with Crippen LogP contribution in [-0.2, 0) is 6.54 Å². The lowest BCUT2D eigenvalue weighted by atomic mass is 10.2. The largest absolute Gasteiger partial charge is 0.490 e. The summed E-state index contributed by atoms with van der Waals surface area (Å²) in [5, 5.41) is 3.56. The molecule has 0 saturated heterocycles. The number of carbonyl (C=O) groups is 1. The van der Waals surface area contributed by atoms with Gasteiger partial charge in [0.05, 0.1) is 5.56 Å². The first kappa shape index (κ1) is 19.7. The molecule has 0 bridgehead atoms. The van der Waals surface area contributed by atoms with Crippen LogP contribution in [0.4, 0.5) is 0 Å². The highest BCUT2D eigenvalue weighted by Crippen LogP contribution is 2.16. The Hall–Kier alpha value is -3.58. The number of fused-ring (bicyclic) bond motifs is 1. The van der Waals surface area contributed by atoms with E-state index in [0.29, 0.717) is 36.1 Å². The Balaban J connectivity index is 1.22. The standard InChI is InChI=1S/C22H19ClN4O3/c23-18-3-7-20(8-4-18)30-12-11-29-19-5-1-16(2-6-19)13-25-21(28)17-14-26-22-24-9-10-27(22)15-17/h1-10,14-15H,11-13H2,(H,25,28). The number of ether oxygens (including phenoxy) is 2. The van der Waals surface area contributed by atoms with E-state index in [4.69, 9.17) is 21.1 Å². The number of nitrogens with one attached hydrogen (secondary N) is 1. The van der Waals surface area contributed by atoms with E-state index in [9.17, 15) is 4.79 Å². The summed E-state index contributed by atoms with van der Waals surface area (Å²) in [6.07, 6.45) is 6.60. The minimum absolute atomic E-state index is 0.197. The summed E-state index contributed by atoms with van der Waals surface area (Å²) in [4.78, 5) is 20.5. The van der Waals surface area contributed by atoms with Crippen LogP contribution < -0.4 is 14.8 Å². The molecule has 30 heavy (non-hydrogen) atoms. The van der Waals surface area contributed by atoms with Crippen LogP contribution in [0, 0.1) is 0 Å². The van der Waals surface area contributed by atoms with Crippen molar-refractivity contribution < 1.29 is 14.3 Å². The van der Waals surface area contributed by atoms with Gasteiger partial charge in [0.25, 0.3) is 5.91 Å². The molecule has 1 N–H and O–H groups in total. The number of aromatic nitrogens is 3. The van der Waals surface area contributed by atoms with Gasteiger partial charge in [0.1, 0.15) is 24.7 Å². The molecule has 0 aliphatic rings. The van der Waals surface area contributed by atoms with Crippen LogP contribution in [0.5, 0.6) is 11.5 Å². The molecule has 4 rings (SSSR count). The molecule has 2 heterocycles. The first-order valence-electron chi connectivity index (χ1n) is 9.34. The highest BCUT2D eigenvalue weighted by atomic mass is 35.5. The molecule has 4 aromatic rings. The van der Waals surface area contributed by atoms with E-state index in [0.717, 1.165) is 17.1 Å². The monoisotopic (exact) mass is 422 g/mol. The number of nitrogens with zero attached hydrogens (tertiary/aromatic N) is 3. The predicted octanol–water partition coefficient (Wildman–Crippen LogP) is 3.77. The molecule has 1 amide bonds. The third kappa shape index (κ3) is 5.07. The first-order valence-corrected chi connectivity index (χ1v) is 9.72. The lowest BCUT2D eigenvalue weighted by molar-refractivity contribution is 0.0950. The molecular formula is C22H19ClN4O3. The number of amides is 1. The van der Waals surface area contributed by atoms with Gasteiger partial charge in [-0.15, -0.1) is 0 Å². The molecule has 2 aromatic carbocycles. The number of carbonyl (C=O) groups excluding carboxylic acids is 1. The van der Waals surface area contributed by atoms with E-state index >= 15 is 0 Å². The van der Waals surface area contributed by atoms with Crippen molar-refractivity contribution in [2.75, 3.05) is 13.2 Å². The van der Waals surface area contributed by atoms with Gasteiger partial charge in [-0.25, -0.2) is 9.97 Å². The van der Waals surface area contributed by atoms with Crippen LogP contribution in [0.15, 0.2) is 73.3 Å². The summed E-state index contributed by atoms with van der Waals surface area (Å²) in [5.74, 6) is 1.84. The number of halogens is 1. The second-order valence-corrected chi connectivity index (χ2v) is 6.89. The van der Waals surface area contributed by atoms with Crippen LogP contribution >= 0.6 is 11.6 Å². The van der Waals surface area contributed by atoms with E-state index < -0.39 is 0 Å². The van der Waals surface area contributed by atoms with Crippen molar-refractivity contribution >= 4 is 23.3 Å². The van der Waals surface area contributed by atoms with Gasteiger partial charge in [-0.1, -0.05) is 23.7 Å². The Kier molecular flexibility index (Phi) is 6.10. The molecule has 0 radical (unpaired) electrons. The first-order chi connectivity index (χ1) is 14.7. The topological polar surface area (TPSA) is 77.8 Å². The van der Waals surface area contributed by atoms with Gasteiger partial charge < -0.3 is 14.8 Å². The minimum Gasteiger partial charge on any atom is -0.490 e. The van der Waals surface area contributed by atoms with Crippen LogP contribution in [0.2, 0.25) is 5.02 Å². The van der Waals surface area contributed by atoms with E-state index in [1.807, 2.05) is 36.4 Å². The van der Waals surface area contributed by atoms with Crippen molar-refractivity contribution in [3.8, 4) is 11.5 Å². The Morgan fingerprint density at radius 1 is 0.967 bits per heavy atom. The predicted molar refractivity (Wildman–Crippen MR) is 113 cm³/mol. The molecule has 0 spiro atoms. The quantitative estimate of drug-likeness (QED) is 0.437. The Bertz CT molecular complexity index is 1130. The molecular weight excluding hydrogens is 404 g/mol. The van der Waals surface area contributed by atoms with Gasteiger partial charge in [-0.3, -0.25) is 9.20 Å². The van der Waals surface area contributed by atoms with Gasteiger partial charge in [-0.2, -0.15) is 0 Å². The summed E-state index contributed by atoms with van der Waals surface area (Å²) in [5.41, 5.74) is 1.44. The molecule has 0 aliphatic heterocycles. The van der Waals surface area contributed by atoms with Crippen molar-refractivity contribution in [3.05, 3.63) is 89.5 Å². The fraction of sp³-hybridized carbons (Fsp3) is 0.136. The summed E-state index contributed by atoms with van der Waals surface area (Å²) >= 11 is 5.84. The normalized spacial score (nSPS) is 10.7. The van der Waals surface area contributed by atoms with Crippen molar-refractivity contribution in [3.63, 3.8) is 0 Å². The lowest BCUT2D eigenvalue weighted by Gasteiger charge is -2.10. The molecule has 8 heteroatoms. The highest BCUT2D eigenvalue weighted by molar-refractivity contribution is 6.30. The average Bonchev–Trinajstić information content (AvgIpc) is 3.25. The molecule has 0 aliphatic carbocycles. The summed E-state index contributed by atoms with van der Waals surface area (Å²) in [6.45, 7) is 1.25. The van der Waals surface area contributed by atoms with Gasteiger partial charge >= 0.3 is 0 Å². The molecule has 0 unspecified atom stereocenters. The Labute approximate surface area is 178 Å². The SMILES string of the molecule is O=C(NCc1ccc(OCCOc2ccc(Cl)cc2)cc1)c1cnc2nccn2c1. The molecule has 0 atom stereocenters. The van der Waals surface area contributed by atoms with Crippen LogP contribution in [-0.4, -0.2) is 33.5 Å². The zero-order chi connectivity index (χ0) is 20.8. The maximum atomic E-state index is 12.3. The average molecular weight is 423 g/mol. The number of rotatable bonds is 8. The Morgan fingerprint density at radius 3 is 2.33 bits per heavy atom. The van der Waals surface area contributed by atoms with Gasteiger partial charge in [0.2, 0.25) is 5.78 Å². The maximum absolute atomic E-state index is 12.3. The molecule has 152 valence electrons. The number of imidazole rings is 1. The second-order valence-electron chi connectivity index (χ2n) is 6.45. The van der Waals surface area contributed by atoms with E-state index in [2.05, 4.69) is 15.3 Å². The highest BCUT2D eigenvalue weighted by Gasteiger charge is 2.07. The summed E-state index contributed by atoms with van der Waals surface area (Å²) in [7, 11) is 0. The van der Waals surface area contributed by atoms with Crippen LogP contribution in [0.3, 0.4) is 0 Å². The van der Waals surface area contributed by atoms with Crippen molar-refractivity contribution in [1.29, 1.82) is 0 Å². The minimum atomic E-state index is -0.197. The Morgan fingerprint density at radius 2 is 1.63 bits per heavy atom. The lowest BCUT2D eigenvalue weighted by Crippen LogP contribution is -2.23.